The molecule has 0 spiro atoms. The van der Waals surface area contributed by atoms with Gasteiger partial charge in [-0.3, -0.25) is 4.79 Å². The molecule has 1 fully saturated rings. The van der Waals surface area contributed by atoms with Crippen LogP contribution in [-0.4, -0.2) is 87.5 Å². The number of nitrogens with one attached hydrogen (secondary N) is 1. The molecular weight excluding hydrogens is 514 g/mol. The normalized spacial score (nSPS) is 24.8. The lowest BCUT2D eigenvalue weighted by Gasteiger charge is -2.40. The summed E-state index contributed by atoms with van der Waals surface area (Å²) in [6, 6.07) is -0.792. The van der Waals surface area contributed by atoms with Crippen molar-refractivity contribution in [2.75, 3.05) is 13.2 Å². The predicted octanol–water partition coefficient (Wildman–Crippen LogP) is 3.88. The Labute approximate surface area is 242 Å². The molecule has 0 aromatic heterocycles. The molecule has 40 heavy (non-hydrogen) atoms. The van der Waals surface area contributed by atoms with Crippen LogP contribution in [0.3, 0.4) is 0 Å². The molecule has 9 heteroatoms. The van der Waals surface area contributed by atoms with Crippen LogP contribution in [0.5, 0.6) is 0 Å². The maximum Gasteiger partial charge on any atom is 0.220 e. The van der Waals surface area contributed by atoms with Gasteiger partial charge in [0.15, 0.2) is 6.29 Å². The maximum absolute atomic E-state index is 12.7. The first kappa shape index (κ1) is 37.0. The van der Waals surface area contributed by atoms with Gasteiger partial charge >= 0.3 is 0 Å². The van der Waals surface area contributed by atoms with Crippen LogP contribution >= 0.6 is 0 Å². The summed E-state index contributed by atoms with van der Waals surface area (Å²) in [7, 11) is 0. The fraction of sp³-hybridized carbons (Fsp3) is 0.903. The number of hydrogen-bond acceptors (Lipinski definition) is 8. The Morgan fingerprint density at radius 3 is 1.95 bits per heavy atom. The Hall–Kier alpha value is -1.07. The van der Waals surface area contributed by atoms with E-state index >= 15 is 0 Å². The third-order valence-electron chi connectivity index (χ3n) is 7.61. The number of carbonyl (C=O) groups excluding carboxylic acids is 1. The fourth-order valence-electron chi connectivity index (χ4n) is 4.92. The van der Waals surface area contributed by atoms with Gasteiger partial charge in [-0.25, -0.2) is 0 Å². The van der Waals surface area contributed by atoms with Gasteiger partial charge in [-0.15, -0.1) is 0 Å². The number of hydrogen-bond donors (Lipinski definition) is 6. The second-order valence-electron chi connectivity index (χ2n) is 11.3. The quantitative estimate of drug-likeness (QED) is 0.0753. The topological polar surface area (TPSA) is 149 Å². The number of ether oxygens (including phenoxy) is 2. The minimum Gasteiger partial charge on any atom is -0.394 e. The Morgan fingerprint density at radius 2 is 1.38 bits per heavy atom. The number of aliphatic hydroxyl groups is 5. The summed E-state index contributed by atoms with van der Waals surface area (Å²) in [4.78, 5) is 12.7. The van der Waals surface area contributed by atoms with Gasteiger partial charge in [-0.05, 0) is 19.3 Å². The Morgan fingerprint density at radius 1 is 0.825 bits per heavy atom. The molecule has 236 valence electrons. The highest BCUT2D eigenvalue weighted by Gasteiger charge is 2.44. The average molecular weight is 574 g/mol. The summed E-state index contributed by atoms with van der Waals surface area (Å²) >= 11 is 0. The Bertz CT molecular complexity index is 647. The van der Waals surface area contributed by atoms with Crippen LogP contribution in [0.25, 0.3) is 0 Å². The van der Waals surface area contributed by atoms with Gasteiger partial charge in [0.1, 0.15) is 24.4 Å². The standard InChI is InChI=1S/C31H59NO8/c1-3-5-7-9-11-13-14-16-18-20-25(34)24(32-27(35)21-19-17-15-12-10-8-6-4-2)23-39-31-30(38)29(37)28(36)26(22-33)40-31/h18,20,24-26,28-31,33-34,36-38H,3-17,19,21-23H2,1-2H3,(H,32,35)/b20-18+. The van der Waals surface area contributed by atoms with E-state index in [0.29, 0.717) is 6.42 Å². The average Bonchev–Trinajstić information content (AvgIpc) is 2.95. The first-order valence-corrected chi connectivity index (χ1v) is 15.9. The first-order valence-electron chi connectivity index (χ1n) is 15.9. The summed E-state index contributed by atoms with van der Waals surface area (Å²) in [6.45, 7) is 3.66. The highest BCUT2D eigenvalue weighted by Crippen LogP contribution is 2.22. The number of rotatable bonds is 24. The van der Waals surface area contributed by atoms with Gasteiger partial charge in [0.2, 0.25) is 5.91 Å². The molecule has 9 nitrogen and oxygen atoms in total. The second-order valence-corrected chi connectivity index (χ2v) is 11.3. The fourth-order valence-corrected chi connectivity index (χ4v) is 4.92. The molecular formula is C31H59NO8. The van der Waals surface area contributed by atoms with Crippen molar-refractivity contribution in [2.24, 2.45) is 0 Å². The molecule has 1 amide bonds. The van der Waals surface area contributed by atoms with Crippen LogP contribution < -0.4 is 5.32 Å². The van der Waals surface area contributed by atoms with Crippen molar-refractivity contribution in [1.29, 1.82) is 0 Å². The molecule has 1 aliphatic heterocycles. The number of aliphatic hydroxyl groups excluding tert-OH is 5. The van der Waals surface area contributed by atoms with Crippen molar-refractivity contribution in [3.05, 3.63) is 12.2 Å². The molecule has 6 N–H and O–H groups in total. The third-order valence-corrected chi connectivity index (χ3v) is 7.61. The lowest BCUT2D eigenvalue weighted by Crippen LogP contribution is -2.60. The maximum atomic E-state index is 12.7. The van der Waals surface area contributed by atoms with E-state index in [0.717, 1.165) is 38.5 Å². The molecule has 1 rings (SSSR count). The Kier molecular flexibility index (Phi) is 21.7. The molecule has 1 aliphatic rings. The van der Waals surface area contributed by atoms with Crippen LogP contribution in [-0.2, 0) is 14.3 Å². The SMILES string of the molecule is CCCCCCCCC/C=C/C(O)C(COC1OC(CO)C(O)C(O)C1O)NC(=O)CCCCCCCCCC. The number of unbranched alkanes of at least 4 members (excludes halogenated alkanes) is 14. The van der Waals surface area contributed by atoms with Gasteiger partial charge in [-0.1, -0.05) is 109 Å². The predicted molar refractivity (Wildman–Crippen MR) is 157 cm³/mol. The van der Waals surface area contributed by atoms with Crippen molar-refractivity contribution in [1.82, 2.24) is 5.32 Å². The zero-order valence-corrected chi connectivity index (χ0v) is 25.1. The van der Waals surface area contributed by atoms with Gasteiger partial charge in [-0.2, -0.15) is 0 Å². The van der Waals surface area contributed by atoms with Crippen molar-refractivity contribution < 1.29 is 39.8 Å². The molecule has 0 saturated carbocycles. The molecule has 0 aliphatic carbocycles. The van der Waals surface area contributed by atoms with Gasteiger partial charge in [0.05, 0.1) is 25.4 Å². The summed E-state index contributed by atoms with van der Waals surface area (Å²) < 4.78 is 11.1. The van der Waals surface area contributed by atoms with Crippen molar-refractivity contribution in [3.63, 3.8) is 0 Å². The van der Waals surface area contributed by atoms with E-state index in [9.17, 15) is 30.3 Å². The van der Waals surface area contributed by atoms with Crippen LogP contribution in [0.1, 0.15) is 123 Å². The molecule has 0 bridgehead atoms. The van der Waals surface area contributed by atoms with Crippen LogP contribution in [0, 0.1) is 0 Å². The van der Waals surface area contributed by atoms with Gasteiger partial charge in [0, 0.05) is 6.42 Å². The van der Waals surface area contributed by atoms with E-state index < -0.39 is 49.5 Å². The summed E-state index contributed by atoms with van der Waals surface area (Å²) in [6.07, 6.45) is 14.2. The van der Waals surface area contributed by atoms with E-state index in [1.54, 1.807) is 6.08 Å². The minimum atomic E-state index is -1.56. The van der Waals surface area contributed by atoms with Crippen molar-refractivity contribution in [2.45, 2.75) is 166 Å². The highest BCUT2D eigenvalue weighted by atomic mass is 16.7. The summed E-state index contributed by atoms with van der Waals surface area (Å²) in [5, 5.41) is 53.4. The van der Waals surface area contributed by atoms with Crippen LogP contribution in [0.15, 0.2) is 12.2 Å². The van der Waals surface area contributed by atoms with Crippen LogP contribution in [0.4, 0.5) is 0 Å². The molecule has 7 unspecified atom stereocenters. The van der Waals surface area contributed by atoms with E-state index in [1.165, 1.54) is 64.2 Å². The second kappa shape index (κ2) is 23.5. The van der Waals surface area contributed by atoms with E-state index in [2.05, 4.69) is 19.2 Å². The molecule has 0 aromatic carbocycles. The van der Waals surface area contributed by atoms with Crippen LogP contribution in [0.2, 0.25) is 0 Å². The highest BCUT2D eigenvalue weighted by molar-refractivity contribution is 5.76. The molecule has 1 saturated heterocycles. The minimum absolute atomic E-state index is 0.186. The largest absolute Gasteiger partial charge is 0.394 e. The van der Waals surface area contributed by atoms with E-state index in [-0.39, 0.29) is 12.5 Å². The first-order chi connectivity index (χ1) is 19.3. The van der Waals surface area contributed by atoms with E-state index in [4.69, 9.17) is 9.47 Å². The number of carbonyl (C=O) groups is 1. The van der Waals surface area contributed by atoms with Gasteiger partial charge in [0.25, 0.3) is 0 Å². The van der Waals surface area contributed by atoms with Crippen molar-refractivity contribution in [3.8, 4) is 0 Å². The molecule has 7 atom stereocenters. The summed E-state index contributed by atoms with van der Waals surface area (Å²) in [5.41, 5.74) is 0. The molecule has 1 heterocycles. The van der Waals surface area contributed by atoms with Crippen molar-refractivity contribution >= 4 is 5.91 Å². The lowest BCUT2D eigenvalue weighted by molar-refractivity contribution is -0.302. The van der Waals surface area contributed by atoms with E-state index in [1.807, 2.05) is 6.08 Å². The number of amides is 1. The zero-order chi connectivity index (χ0) is 29.6. The molecule has 0 radical (unpaired) electrons. The molecule has 0 aromatic rings. The zero-order valence-electron chi connectivity index (χ0n) is 25.1. The summed E-state index contributed by atoms with van der Waals surface area (Å²) in [5.74, 6) is -0.187. The lowest BCUT2D eigenvalue weighted by atomic mass is 9.99. The Balaban J connectivity index is 2.58. The monoisotopic (exact) mass is 573 g/mol. The number of allylic oxidation sites excluding steroid dienone is 1. The smallest absolute Gasteiger partial charge is 0.220 e. The third kappa shape index (κ3) is 15.8. The van der Waals surface area contributed by atoms with Gasteiger partial charge < -0.3 is 40.3 Å².